The number of rotatable bonds is 7. The fourth-order valence-corrected chi connectivity index (χ4v) is 5.37. The van der Waals surface area contributed by atoms with Gasteiger partial charge in [0.25, 0.3) is 5.69 Å². The number of fused-ring (bicyclic) bond motifs is 2. The number of nitro benzene ring substituents is 1. The summed E-state index contributed by atoms with van der Waals surface area (Å²) in [5, 5.41) is 15.5. The summed E-state index contributed by atoms with van der Waals surface area (Å²) in [5.74, 6) is 0.160. The highest BCUT2D eigenvalue weighted by molar-refractivity contribution is 8.00. The molecule has 0 aliphatic heterocycles. The van der Waals surface area contributed by atoms with E-state index in [0.717, 1.165) is 31.6 Å². The van der Waals surface area contributed by atoms with E-state index in [1.807, 2.05) is 54.7 Å². The third-order valence-electron chi connectivity index (χ3n) is 5.15. The van der Waals surface area contributed by atoms with Gasteiger partial charge >= 0.3 is 0 Å². The van der Waals surface area contributed by atoms with E-state index in [1.165, 1.54) is 35.2 Å². The Morgan fingerprint density at radius 1 is 1.06 bits per heavy atom. The van der Waals surface area contributed by atoms with E-state index in [4.69, 9.17) is 0 Å². The molecule has 0 aliphatic carbocycles. The molecule has 0 saturated carbocycles. The SMILES string of the molecule is O=C(CSc1cn(Cc2ccc([N+](=O)[O-])cc2)c2ccccc12)Nc1nc2ccccc2s1. The molecule has 5 rings (SSSR count). The predicted octanol–water partition coefficient (Wildman–Crippen LogP) is 5.94. The number of anilines is 1. The van der Waals surface area contributed by atoms with Crippen molar-refractivity contribution in [1.29, 1.82) is 0 Å². The molecule has 0 fully saturated rings. The minimum absolute atomic E-state index is 0.0755. The standard InChI is InChI=1S/C24H18N4O3S2/c29-23(26-24-25-19-6-2-4-8-21(19)33-24)15-32-22-14-27(20-7-3-1-5-18(20)22)13-16-9-11-17(12-10-16)28(30)31/h1-12,14H,13,15H2,(H,25,26,29). The average Bonchev–Trinajstić information content (AvgIpc) is 3.39. The number of carbonyl (C=O) groups excluding carboxylic acids is 1. The second-order valence-electron chi connectivity index (χ2n) is 7.39. The first-order valence-corrected chi connectivity index (χ1v) is 12.0. The van der Waals surface area contributed by atoms with Crippen LogP contribution >= 0.6 is 23.1 Å². The van der Waals surface area contributed by atoms with Gasteiger partial charge in [-0.15, -0.1) is 11.8 Å². The Morgan fingerprint density at radius 2 is 1.82 bits per heavy atom. The summed E-state index contributed by atoms with van der Waals surface area (Å²) in [5.41, 5.74) is 2.96. The normalized spacial score (nSPS) is 11.2. The molecule has 1 N–H and O–H groups in total. The van der Waals surface area contributed by atoms with Crippen molar-refractivity contribution < 1.29 is 9.72 Å². The minimum atomic E-state index is -0.400. The van der Waals surface area contributed by atoms with Crippen LogP contribution in [0, 0.1) is 10.1 Å². The zero-order valence-electron chi connectivity index (χ0n) is 17.3. The van der Waals surface area contributed by atoms with Crippen molar-refractivity contribution in [1.82, 2.24) is 9.55 Å². The zero-order chi connectivity index (χ0) is 22.8. The van der Waals surface area contributed by atoms with Crippen molar-refractivity contribution in [3.8, 4) is 0 Å². The average molecular weight is 475 g/mol. The Morgan fingerprint density at radius 3 is 2.61 bits per heavy atom. The summed E-state index contributed by atoms with van der Waals surface area (Å²) in [4.78, 5) is 28.5. The molecule has 3 aromatic carbocycles. The number of carbonyl (C=O) groups is 1. The van der Waals surface area contributed by atoms with Gasteiger partial charge in [-0.25, -0.2) is 4.98 Å². The maximum atomic E-state index is 12.6. The first-order valence-electron chi connectivity index (χ1n) is 10.2. The van der Waals surface area contributed by atoms with Crippen LogP contribution in [0.25, 0.3) is 21.1 Å². The number of nitro groups is 1. The van der Waals surface area contributed by atoms with Crippen LogP contribution in [0.5, 0.6) is 0 Å². The molecule has 0 saturated heterocycles. The molecule has 0 bridgehead atoms. The number of nitrogens with zero attached hydrogens (tertiary/aromatic N) is 3. The van der Waals surface area contributed by atoms with Crippen molar-refractivity contribution in [2.75, 3.05) is 11.1 Å². The highest BCUT2D eigenvalue weighted by Crippen LogP contribution is 2.31. The first kappa shape index (κ1) is 21.2. The Balaban J connectivity index is 1.31. The summed E-state index contributed by atoms with van der Waals surface area (Å²) in [6, 6.07) is 22.4. The molecule has 5 aromatic rings. The quantitative estimate of drug-likeness (QED) is 0.179. The van der Waals surface area contributed by atoms with Crippen molar-refractivity contribution in [2.24, 2.45) is 0 Å². The molecular weight excluding hydrogens is 456 g/mol. The Kier molecular flexibility index (Phi) is 5.80. The van der Waals surface area contributed by atoms with Crippen LogP contribution in [0.15, 0.2) is 83.9 Å². The van der Waals surface area contributed by atoms with Crippen LogP contribution < -0.4 is 5.32 Å². The Hall–Kier alpha value is -3.69. The van der Waals surface area contributed by atoms with Crippen LogP contribution in [0.3, 0.4) is 0 Å². The molecule has 0 radical (unpaired) electrons. The molecule has 2 heterocycles. The fourth-order valence-electron chi connectivity index (χ4n) is 3.60. The second kappa shape index (κ2) is 9.05. The van der Waals surface area contributed by atoms with E-state index in [1.54, 1.807) is 12.1 Å². The molecule has 0 unspecified atom stereocenters. The second-order valence-corrected chi connectivity index (χ2v) is 9.43. The topological polar surface area (TPSA) is 90.1 Å². The Bertz CT molecular complexity index is 1440. The van der Waals surface area contributed by atoms with Crippen molar-refractivity contribution in [3.05, 3.63) is 94.7 Å². The number of para-hydroxylation sites is 2. The van der Waals surface area contributed by atoms with Gasteiger partial charge in [-0.1, -0.05) is 53.8 Å². The lowest BCUT2D eigenvalue weighted by atomic mass is 10.2. The zero-order valence-corrected chi connectivity index (χ0v) is 18.9. The summed E-state index contributed by atoms with van der Waals surface area (Å²) < 4.78 is 3.14. The largest absolute Gasteiger partial charge is 0.342 e. The smallest absolute Gasteiger partial charge is 0.269 e. The van der Waals surface area contributed by atoms with Gasteiger partial charge < -0.3 is 9.88 Å². The monoisotopic (exact) mass is 474 g/mol. The maximum Gasteiger partial charge on any atom is 0.269 e. The van der Waals surface area contributed by atoms with E-state index >= 15 is 0 Å². The van der Waals surface area contributed by atoms with Crippen molar-refractivity contribution in [3.63, 3.8) is 0 Å². The van der Waals surface area contributed by atoms with Gasteiger partial charge in [-0.2, -0.15) is 0 Å². The first-order chi connectivity index (χ1) is 16.1. The molecule has 2 aromatic heterocycles. The van der Waals surface area contributed by atoms with Gasteiger partial charge in [0.2, 0.25) is 5.91 Å². The number of nitrogens with one attached hydrogen (secondary N) is 1. The molecule has 0 atom stereocenters. The van der Waals surface area contributed by atoms with E-state index in [0.29, 0.717) is 11.7 Å². The summed E-state index contributed by atoms with van der Waals surface area (Å²) >= 11 is 2.94. The lowest BCUT2D eigenvalue weighted by molar-refractivity contribution is -0.384. The third-order valence-corrected chi connectivity index (χ3v) is 7.15. The van der Waals surface area contributed by atoms with Gasteiger partial charge in [-0.05, 0) is 23.8 Å². The van der Waals surface area contributed by atoms with Crippen LogP contribution in [0.1, 0.15) is 5.56 Å². The third kappa shape index (κ3) is 4.59. The number of aromatic nitrogens is 2. The van der Waals surface area contributed by atoms with Crippen molar-refractivity contribution in [2.45, 2.75) is 11.4 Å². The van der Waals surface area contributed by atoms with Gasteiger partial charge in [0.1, 0.15) is 0 Å². The highest BCUT2D eigenvalue weighted by atomic mass is 32.2. The maximum absolute atomic E-state index is 12.6. The number of amides is 1. The molecule has 0 aliphatic rings. The molecule has 7 nitrogen and oxygen atoms in total. The molecule has 164 valence electrons. The fraction of sp³-hybridized carbons (Fsp3) is 0.0833. The van der Waals surface area contributed by atoms with Crippen LogP contribution in [-0.4, -0.2) is 26.1 Å². The summed E-state index contributed by atoms with van der Waals surface area (Å²) in [6.45, 7) is 0.580. The lowest BCUT2D eigenvalue weighted by Crippen LogP contribution is -2.13. The van der Waals surface area contributed by atoms with Crippen LogP contribution in [0.4, 0.5) is 10.8 Å². The van der Waals surface area contributed by atoms with E-state index in [2.05, 4.69) is 14.9 Å². The lowest BCUT2D eigenvalue weighted by Gasteiger charge is -2.05. The predicted molar refractivity (Wildman–Crippen MR) is 133 cm³/mol. The van der Waals surface area contributed by atoms with E-state index in [9.17, 15) is 14.9 Å². The van der Waals surface area contributed by atoms with E-state index < -0.39 is 4.92 Å². The van der Waals surface area contributed by atoms with Gasteiger partial charge in [0.15, 0.2) is 5.13 Å². The molecule has 0 spiro atoms. The summed E-state index contributed by atoms with van der Waals surface area (Å²) in [6.07, 6.45) is 2.03. The van der Waals surface area contributed by atoms with Gasteiger partial charge in [0.05, 0.1) is 20.9 Å². The number of hydrogen-bond donors (Lipinski definition) is 1. The minimum Gasteiger partial charge on any atom is -0.342 e. The van der Waals surface area contributed by atoms with E-state index in [-0.39, 0.29) is 17.3 Å². The number of thioether (sulfide) groups is 1. The highest BCUT2D eigenvalue weighted by Gasteiger charge is 2.13. The number of non-ortho nitro benzene ring substituents is 1. The van der Waals surface area contributed by atoms with Crippen LogP contribution in [0.2, 0.25) is 0 Å². The van der Waals surface area contributed by atoms with Crippen LogP contribution in [-0.2, 0) is 11.3 Å². The molecule has 1 amide bonds. The van der Waals surface area contributed by atoms with Crippen molar-refractivity contribution >= 4 is 60.9 Å². The summed E-state index contributed by atoms with van der Waals surface area (Å²) in [7, 11) is 0. The number of thiazole rings is 1. The molecular formula is C24H18N4O3S2. The molecule has 9 heteroatoms. The number of benzene rings is 3. The number of hydrogen-bond acceptors (Lipinski definition) is 6. The van der Waals surface area contributed by atoms with Gasteiger partial charge in [-0.3, -0.25) is 14.9 Å². The Labute approximate surface area is 197 Å². The van der Waals surface area contributed by atoms with Gasteiger partial charge in [0, 0.05) is 40.7 Å². The molecule has 33 heavy (non-hydrogen) atoms.